The Labute approximate surface area is 161 Å². The van der Waals surface area contributed by atoms with Crippen molar-refractivity contribution in [3.8, 4) is 0 Å². The molecule has 0 aliphatic rings. The summed E-state index contributed by atoms with van der Waals surface area (Å²) in [7, 11) is -3.66. The Morgan fingerprint density at radius 2 is 2.00 bits per heavy atom. The number of aromatic nitrogens is 2. The van der Waals surface area contributed by atoms with Gasteiger partial charge in [-0.3, -0.25) is 9.78 Å². The lowest BCUT2D eigenvalue weighted by atomic mass is 10.1. The molecule has 0 saturated heterocycles. The lowest BCUT2D eigenvalue weighted by Crippen LogP contribution is -2.23. The first-order valence-electron chi connectivity index (χ1n) is 8.34. The number of hydrogen-bond donors (Lipinski definition) is 3. The lowest BCUT2D eigenvalue weighted by Gasteiger charge is -2.07. The first-order valence-corrected chi connectivity index (χ1v) is 9.82. The maximum absolute atomic E-state index is 12.3. The highest BCUT2D eigenvalue weighted by molar-refractivity contribution is 7.89. The molecule has 0 saturated carbocycles. The maximum atomic E-state index is 12.3. The van der Waals surface area contributed by atoms with Crippen molar-refractivity contribution in [1.82, 2.24) is 14.7 Å². The van der Waals surface area contributed by atoms with Crippen molar-refractivity contribution in [2.45, 2.75) is 25.3 Å². The molecule has 0 aliphatic carbocycles. The van der Waals surface area contributed by atoms with E-state index in [1.165, 1.54) is 24.5 Å². The van der Waals surface area contributed by atoms with Crippen LogP contribution in [0.2, 0.25) is 0 Å². The molecule has 3 rings (SSSR count). The molecule has 0 bridgehead atoms. The largest absolute Gasteiger partial charge is 0.468 e. The lowest BCUT2D eigenvalue weighted by molar-refractivity contribution is 0.498. The van der Waals surface area contributed by atoms with Crippen molar-refractivity contribution in [2.24, 2.45) is 5.10 Å². The van der Waals surface area contributed by atoms with E-state index < -0.39 is 10.0 Å². The van der Waals surface area contributed by atoms with Crippen LogP contribution in [0, 0.1) is 6.92 Å². The van der Waals surface area contributed by atoms with Gasteiger partial charge in [-0.25, -0.2) is 23.5 Å². The molecule has 2 heterocycles. The number of rotatable bonds is 7. The SMILES string of the molecule is C/C(=N\Nc1nc(C)cc(=O)[nH]1)c1ccc(S(=O)(=O)NCc2ccco2)cc1. The zero-order chi connectivity index (χ0) is 20.1. The van der Waals surface area contributed by atoms with Gasteiger partial charge in [-0.1, -0.05) is 12.1 Å². The smallest absolute Gasteiger partial charge is 0.252 e. The third-order valence-electron chi connectivity index (χ3n) is 3.80. The number of nitrogens with one attached hydrogen (secondary N) is 3. The van der Waals surface area contributed by atoms with Crippen LogP contribution in [-0.4, -0.2) is 24.1 Å². The summed E-state index contributed by atoms with van der Waals surface area (Å²) in [6.45, 7) is 3.53. The topological polar surface area (TPSA) is 129 Å². The van der Waals surface area contributed by atoms with Crippen LogP contribution in [0.3, 0.4) is 0 Å². The molecule has 10 heteroatoms. The molecule has 2 aromatic heterocycles. The van der Waals surface area contributed by atoms with E-state index in [2.05, 4.69) is 25.2 Å². The molecule has 0 spiro atoms. The summed E-state index contributed by atoms with van der Waals surface area (Å²) in [5.74, 6) is 0.753. The summed E-state index contributed by atoms with van der Waals surface area (Å²) in [5, 5.41) is 4.17. The quantitative estimate of drug-likeness (QED) is 0.410. The van der Waals surface area contributed by atoms with Crippen molar-refractivity contribution < 1.29 is 12.8 Å². The summed E-state index contributed by atoms with van der Waals surface area (Å²) < 4.78 is 32.3. The van der Waals surface area contributed by atoms with E-state index in [-0.39, 0.29) is 22.9 Å². The van der Waals surface area contributed by atoms with Gasteiger partial charge in [0, 0.05) is 11.8 Å². The predicted octanol–water partition coefficient (Wildman–Crippen LogP) is 1.99. The van der Waals surface area contributed by atoms with Crippen molar-refractivity contribution >= 4 is 21.7 Å². The Morgan fingerprint density at radius 1 is 1.25 bits per heavy atom. The molecule has 9 nitrogen and oxygen atoms in total. The van der Waals surface area contributed by atoms with Crippen LogP contribution in [-0.2, 0) is 16.6 Å². The fraction of sp³-hybridized carbons (Fsp3) is 0.167. The molecular formula is C18H19N5O4S. The summed E-state index contributed by atoms with van der Waals surface area (Å²) in [6, 6.07) is 11.0. The highest BCUT2D eigenvalue weighted by Gasteiger charge is 2.14. The van der Waals surface area contributed by atoms with E-state index in [0.29, 0.717) is 22.7 Å². The number of hydrazone groups is 1. The molecule has 1 aromatic carbocycles. The van der Waals surface area contributed by atoms with E-state index in [1.807, 2.05) is 0 Å². The van der Waals surface area contributed by atoms with Crippen LogP contribution in [0.15, 0.2) is 67.9 Å². The molecular weight excluding hydrogens is 382 g/mol. The third-order valence-corrected chi connectivity index (χ3v) is 5.22. The second kappa shape index (κ2) is 8.19. The molecule has 28 heavy (non-hydrogen) atoms. The highest BCUT2D eigenvalue weighted by atomic mass is 32.2. The average Bonchev–Trinajstić information content (AvgIpc) is 3.18. The summed E-state index contributed by atoms with van der Waals surface area (Å²) in [6.07, 6.45) is 1.48. The Morgan fingerprint density at radius 3 is 2.64 bits per heavy atom. The van der Waals surface area contributed by atoms with Gasteiger partial charge in [-0.05, 0) is 43.7 Å². The zero-order valence-electron chi connectivity index (χ0n) is 15.3. The average molecular weight is 401 g/mol. The van der Waals surface area contributed by atoms with Gasteiger partial charge >= 0.3 is 0 Å². The number of benzene rings is 1. The Kier molecular flexibility index (Phi) is 5.71. The van der Waals surface area contributed by atoms with Gasteiger partial charge in [0.15, 0.2) is 0 Å². The van der Waals surface area contributed by atoms with Gasteiger partial charge in [0.05, 0.1) is 23.4 Å². The van der Waals surface area contributed by atoms with Gasteiger partial charge in [0.25, 0.3) is 5.56 Å². The normalized spacial score (nSPS) is 12.1. The summed E-state index contributed by atoms with van der Waals surface area (Å²) in [5.41, 5.74) is 4.28. The predicted molar refractivity (Wildman–Crippen MR) is 105 cm³/mol. The van der Waals surface area contributed by atoms with Crippen LogP contribution >= 0.6 is 0 Å². The van der Waals surface area contributed by atoms with Crippen molar-refractivity contribution in [1.29, 1.82) is 0 Å². The number of hydrogen-bond acceptors (Lipinski definition) is 7. The molecule has 3 N–H and O–H groups in total. The van der Waals surface area contributed by atoms with Gasteiger partial charge in [-0.15, -0.1) is 0 Å². The Bertz CT molecular complexity index is 1130. The fourth-order valence-corrected chi connectivity index (χ4v) is 3.36. The second-order valence-electron chi connectivity index (χ2n) is 5.97. The van der Waals surface area contributed by atoms with Crippen LogP contribution in [0.25, 0.3) is 0 Å². The molecule has 3 aromatic rings. The minimum Gasteiger partial charge on any atom is -0.468 e. The monoisotopic (exact) mass is 401 g/mol. The molecule has 0 unspecified atom stereocenters. The number of sulfonamides is 1. The number of anilines is 1. The molecule has 146 valence electrons. The second-order valence-corrected chi connectivity index (χ2v) is 7.74. The zero-order valence-corrected chi connectivity index (χ0v) is 16.1. The Balaban J connectivity index is 1.69. The first-order chi connectivity index (χ1) is 13.3. The van der Waals surface area contributed by atoms with Crippen LogP contribution in [0.4, 0.5) is 5.95 Å². The molecule has 0 radical (unpaired) electrons. The van der Waals surface area contributed by atoms with Gasteiger partial charge in [0.1, 0.15) is 5.76 Å². The summed E-state index contributed by atoms with van der Waals surface area (Å²) in [4.78, 5) is 18.2. The number of H-pyrrole nitrogens is 1. The number of furan rings is 1. The van der Waals surface area contributed by atoms with Gasteiger partial charge in [-0.2, -0.15) is 5.10 Å². The number of nitrogens with zero attached hydrogens (tertiary/aromatic N) is 2. The van der Waals surface area contributed by atoms with E-state index in [1.54, 1.807) is 38.1 Å². The standard InChI is InChI=1S/C18H19N5O4S/c1-12-10-17(24)21-18(20-12)23-22-13(2)14-5-7-16(8-6-14)28(25,26)19-11-15-4-3-9-27-15/h3-10,19H,11H2,1-2H3,(H2,20,21,23,24)/b22-13+. The van der Waals surface area contributed by atoms with Crippen molar-refractivity contribution in [2.75, 3.05) is 5.43 Å². The van der Waals surface area contributed by atoms with Crippen LogP contribution < -0.4 is 15.7 Å². The third kappa shape index (κ3) is 4.93. The first kappa shape index (κ1) is 19.5. The molecule has 0 amide bonds. The molecule has 0 aliphatic heterocycles. The Hall–Kier alpha value is -3.24. The van der Waals surface area contributed by atoms with E-state index in [4.69, 9.17) is 4.42 Å². The van der Waals surface area contributed by atoms with E-state index >= 15 is 0 Å². The number of aryl methyl sites for hydroxylation is 1. The van der Waals surface area contributed by atoms with E-state index in [9.17, 15) is 13.2 Å². The van der Waals surface area contributed by atoms with Crippen molar-refractivity contribution in [3.05, 3.63) is 76.1 Å². The minimum atomic E-state index is -3.66. The van der Waals surface area contributed by atoms with Crippen LogP contribution in [0.5, 0.6) is 0 Å². The van der Waals surface area contributed by atoms with E-state index in [0.717, 1.165) is 0 Å². The highest BCUT2D eigenvalue weighted by Crippen LogP contribution is 2.12. The molecule has 0 fully saturated rings. The summed E-state index contributed by atoms with van der Waals surface area (Å²) >= 11 is 0. The number of aromatic amines is 1. The van der Waals surface area contributed by atoms with Crippen molar-refractivity contribution in [3.63, 3.8) is 0 Å². The molecule has 0 atom stereocenters. The maximum Gasteiger partial charge on any atom is 0.252 e. The fourth-order valence-electron chi connectivity index (χ4n) is 2.37. The van der Waals surface area contributed by atoms with Gasteiger partial charge < -0.3 is 4.42 Å². The van der Waals surface area contributed by atoms with Gasteiger partial charge in [0.2, 0.25) is 16.0 Å². The minimum absolute atomic E-state index is 0.0726. The van der Waals surface area contributed by atoms with Crippen LogP contribution in [0.1, 0.15) is 23.9 Å².